The minimum Gasteiger partial charge on any atom is -0.225 e. The lowest BCUT2D eigenvalue weighted by Crippen LogP contribution is -2.12. The molecule has 0 saturated heterocycles. The van der Waals surface area contributed by atoms with Crippen LogP contribution in [0.4, 0.5) is 0 Å². The summed E-state index contributed by atoms with van der Waals surface area (Å²) < 4.78 is 21.7. The zero-order valence-electron chi connectivity index (χ0n) is 6.40. The zero-order valence-corrected chi connectivity index (χ0v) is 7.21. The first-order valence-electron chi connectivity index (χ1n) is 3.36. The van der Waals surface area contributed by atoms with Gasteiger partial charge >= 0.3 is 0 Å². The van der Waals surface area contributed by atoms with E-state index in [-0.39, 0.29) is 4.90 Å². The van der Waals surface area contributed by atoms with Crippen LogP contribution in [0.5, 0.6) is 0 Å². The van der Waals surface area contributed by atoms with Crippen molar-refractivity contribution in [1.82, 2.24) is 0 Å². The molecule has 1 aromatic rings. The van der Waals surface area contributed by atoms with E-state index in [4.69, 9.17) is 13.0 Å². The monoisotopic (exact) mass is 181 g/mol. The highest BCUT2D eigenvalue weighted by Gasteiger charge is 2.06. The molecule has 1 rings (SSSR count). The first-order valence-corrected chi connectivity index (χ1v) is 4.90. The smallest absolute Gasteiger partial charge is 0.225 e. The first-order chi connectivity index (χ1) is 5.54. The van der Waals surface area contributed by atoms with Crippen LogP contribution in [0, 0.1) is 0 Å². The Hall–Kier alpha value is -0.805. The number of hydrogen-bond donors (Lipinski definition) is 1. The minimum absolute atomic E-state index is 0.102. The van der Waals surface area contributed by atoms with Gasteiger partial charge in [0.1, 0.15) is 0 Å². The molecule has 0 fully saturated rings. The number of rotatable bonds is 2. The van der Waals surface area contributed by atoms with E-state index in [1.807, 2.05) is 0 Å². The molecule has 0 spiro atoms. The molecule has 0 saturated carbocycles. The summed E-state index contributed by atoms with van der Waals surface area (Å²) in [6.45, 7) is 0. The molecule has 5 heteroatoms. The Morgan fingerprint density at radius 1 is 1.42 bits per heavy atom. The van der Waals surface area contributed by atoms with Gasteiger partial charge in [0.2, 0.25) is 10.0 Å². The predicted octanol–water partition coefficient (Wildman–Crippen LogP) is 0.00250. The van der Waals surface area contributed by atoms with Gasteiger partial charge in [0.05, 0.1) is 12.7 Å². The van der Waals surface area contributed by atoms with Crippen LogP contribution in [0.15, 0.2) is 29.2 Å². The maximum absolute atomic E-state index is 10.8. The van der Waals surface area contributed by atoms with Crippen molar-refractivity contribution in [1.29, 1.82) is 0 Å². The Morgan fingerprint density at radius 2 is 2.08 bits per heavy atom. The number of primary sulfonamides is 1. The molecule has 0 aliphatic heterocycles. The molecule has 1 aromatic carbocycles. The van der Waals surface area contributed by atoms with Crippen molar-refractivity contribution in [3.63, 3.8) is 0 Å². The fraction of sp³-hybridized carbons (Fsp3) is 0.143. The van der Waals surface area contributed by atoms with E-state index in [1.54, 1.807) is 12.1 Å². The molecule has 0 amide bonds. The van der Waals surface area contributed by atoms with Crippen molar-refractivity contribution in [3.05, 3.63) is 29.8 Å². The Balaban J connectivity index is 3.20. The van der Waals surface area contributed by atoms with E-state index in [9.17, 15) is 8.42 Å². The van der Waals surface area contributed by atoms with Crippen molar-refractivity contribution in [2.24, 2.45) is 5.14 Å². The Morgan fingerprint density at radius 3 is 2.58 bits per heavy atom. The average Bonchev–Trinajstić information content (AvgIpc) is 2.03. The van der Waals surface area contributed by atoms with Crippen molar-refractivity contribution >= 4 is 17.9 Å². The van der Waals surface area contributed by atoms with E-state index in [0.29, 0.717) is 6.32 Å². The van der Waals surface area contributed by atoms with Crippen molar-refractivity contribution < 1.29 is 8.42 Å². The second kappa shape index (κ2) is 3.29. The Kier molecular flexibility index (Phi) is 2.54. The number of benzene rings is 1. The third-order valence-corrected chi connectivity index (χ3v) is 2.37. The van der Waals surface area contributed by atoms with E-state index in [0.717, 1.165) is 5.56 Å². The van der Waals surface area contributed by atoms with Crippen LogP contribution in [0.2, 0.25) is 0 Å². The summed E-state index contributed by atoms with van der Waals surface area (Å²) in [6.07, 6.45) is 0.309. The molecule has 2 N–H and O–H groups in total. The van der Waals surface area contributed by atoms with Crippen LogP contribution in [-0.4, -0.2) is 16.3 Å². The highest BCUT2D eigenvalue weighted by molar-refractivity contribution is 7.89. The van der Waals surface area contributed by atoms with Gasteiger partial charge in [-0.1, -0.05) is 24.0 Å². The van der Waals surface area contributed by atoms with Gasteiger partial charge in [0.15, 0.2) is 0 Å². The molecular weight excluding hydrogens is 173 g/mol. The lowest BCUT2D eigenvalue weighted by molar-refractivity contribution is 0.597. The summed E-state index contributed by atoms with van der Waals surface area (Å²) in [4.78, 5) is 0.102. The summed E-state index contributed by atoms with van der Waals surface area (Å²) >= 11 is 0. The molecule has 2 radical (unpaired) electrons. The summed E-state index contributed by atoms with van der Waals surface area (Å²) in [5, 5.41) is 4.91. The molecule has 0 aliphatic carbocycles. The number of hydrogen-bond acceptors (Lipinski definition) is 2. The summed E-state index contributed by atoms with van der Waals surface area (Å²) in [5.41, 5.74) is 0.751. The molecule has 12 heavy (non-hydrogen) atoms. The van der Waals surface area contributed by atoms with Gasteiger partial charge in [-0.15, -0.1) is 0 Å². The Bertz CT molecular complexity index is 375. The van der Waals surface area contributed by atoms with Crippen molar-refractivity contribution in [2.75, 3.05) is 0 Å². The van der Waals surface area contributed by atoms with Crippen molar-refractivity contribution in [3.8, 4) is 0 Å². The van der Waals surface area contributed by atoms with Crippen LogP contribution in [0.1, 0.15) is 5.56 Å². The maximum Gasteiger partial charge on any atom is 0.238 e. The minimum atomic E-state index is -3.59. The van der Waals surface area contributed by atoms with Crippen LogP contribution in [0.25, 0.3) is 0 Å². The van der Waals surface area contributed by atoms with Gasteiger partial charge in [0, 0.05) is 0 Å². The van der Waals surface area contributed by atoms with Gasteiger partial charge in [0.25, 0.3) is 0 Å². The number of nitrogens with two attached hydrogens (primary N) is 1. The fourth-order valence-electron chi connectivity index (χ4n) is 0.849. The summed E-state index contributed by atoms with van der Waals surface area (Å²) in [6, 6.07) is 6.26. The van der Waals surface area contributed by atoms with Crippen molar-refractivity contribution in [2.45, 2.75) is 11.2 Å². The zero-order chi connectivity index (χ0) is 9.19. The average molecular weight is 181 g/mol. The normalized spacial score (nSPS) is 11.4. The highest BCUT2D eigenvalue weighted by Crippen LogP contribution is 2.08. The van der Waals surface area contributed by atoms with Gasteiger partial charge in [-0.2, -0.15) is 0 Å². The molecule has 0 unspecified atom stereocenters. The van der Waals surface area contributed by atoms with Gasteiger partial charge in [-0.25, -0.2) is 13.6 Å². The summed E-state index contributed by atoms with van der Waals surface area (Å²) in [5.74, 6) is 0. The highest BCUT2D eigenvalue weighted by atomic mass is 32.2. The largest absolute Gasteiger partial charge is 0.238 e. The molecule has 0 heterocycles. The first kappa shape index (κ1) is 9.28. The third kappa shape index (κ3) is 2.09. The van der Waals surface area contributed by atoms with E-state index < -0.39 is 10.0 Å². The maximum atomic E-state index is 10.8. The predicted molar refractivity (Wildman–Crippen MR) is 47.3 cm³/mol. The van der Waals surface area contributed by atoms with Gasteiger partial charge in [-0.3, -0.25) is 0 Å². The molecule has 0 aromatic heterocycles. The SMILES string of the molecule is [B]Cc1cccc(S(N)(=O)=O)c1. The standard InChI is InChI=1S/C7H8BNO2S/c8-5-6-2-1-3-7(4-6)12(9,10)11/h1-4H,5H2,(H2,9,10,11). The van der Waals surface area contributed by atoms with E-state index >= 15 is 0 Å². The summed E-state index contributed by atoms with van der Waals surface area (Å²) in [7, 11) is 1.74. The van der Waals surface area contributed by atoms with Crippen LogP contribution < -0.4 is 5.14 Å². The topological polar surface area (TPSA) is 60.2 Å². The molecule has 62 valence electrons. The molecule has 0 atom stereocenters. The lowest BCUT2D eigenvalue weighted by atomic mass is 9.97. The number of sulfonamides is 1. The second-order valence-corrected chi connectivity index (χ2v) is 3.96. The Labute approximate surface area is 73.0 Å². The lowest BCUT2D eigenvalue weighted by Gasteiger charge is -1.99. The van der Waals surface area contributed by atoms with Gasteiger partial charge in [-0.05, 0) is 12.1 Å². The second-order valence-electron chi connectivity index (χ2n) is 2.40. The van der Waals surface area contributed by atoms with Crippen LogP contribution in [0.3, 0.4) is 0 Å². The molecular formula is C7H8BNO2S. The fourth-order valence-corrected chi connectivity index (χ4v) is 1.43. The third-order valence-electron chi connectivity index (χ3n) is 1.46. The molecule has 0 bridgehead atoms. The van der Waals surface area contributed by atoms with Gasteiger partial charge < -0.3 is 0 Å². The molecule has 0 aliphatic rings. The van der Waals surface area contributed by atoms with E-state index in [2.05, 4.69) is 0 Å². The van der Waals surface area contributed by atoms with Crippen LogP contribution >= 0.6 is 0 Å². The molecule has 3 nitrogen and oxygen atoms in total. The quantitative estimate of drug-likeness (QED) is 0.653. The van der Waals surface area contributed by atoms with Crippen LogP contribution in [-0.2, 0) is 16.3 Å². The van der Waals surface area contributed by atoms with E-state index in [1.165, 1.54) is 12.1 Å².